The van der Waals surface area contributed by atoms with Crippen LogP contribution in [0.15, 0.2) is 5.29 Å². The van der Waals surface area contributed by atoms with E-state index in [4.69, 9.17) is 11.6 Å². The van der Waals surface area contributed by atoms with E-state index in [0.29, 0.717) is 12.5 Å². The van der Waals surface area contributed by atoms with Crippen LogP contribution in [0.2, 0.25) is 5.28 Å². The summed E-state index contributed by atoms with van der Waals surface area (Å²) in [6, 6.07) is 0.158. The van der Waals surface area contributed by atoms with Gasteiger partial charge in [0.25, 0.3) is 5.95 Å². The average molecular weight is 245 g/mol. The summed E-state index contributed by atoms with van der Waals surface area (Å²) in [6.45, 7) is 6.00. The van der Waals surface area contributed by atoms with Crippen LogP contribution in [0.3, 0.4) is 0 Å². The van der Waals surface area contributed by atoms with Gasteiger partial charge in [-0.1, -0.05) is 0 Å². The molecule has 0 fully saturated rings. The van der Waals surface area contributed by atoms with Crippen molar-refractivity contribution in [1.82, 2.24) is 15.0 Å². The second-order valence-corrected chi connectivity index (χ2v) is 3.66. The van der Waals surface area contributed by atoms with Crippen LogP contribution in [-0.4, -0.2) is 27.5 Å². The molecule has 8 heteroatoms. The van der Waals surface area contributed by atoms with Gasteiger partial charge in [-0.05, 0) is 32.4 Å². The lowest BCUT2D eigenvalue weighted by Gasteiger charge is -2.13. The molecule has 1 aromatic rings. The Labute approximate surface area is 98.2 Å². The van der Waals surface area contributed by atoms with Gasteiger partial charge in [0.15, 0.2) is 0 Å². The number of anilines is 2. The zero-order valence-corrected chi connectivity index (χ0v) is 10.1. The van der Waals surface area contributed by atoms with Crippen molar-refractivity contribution in [3.05, 3.63) is 10.2 Å². The van der Waals surface area contributed by atoms with Crippen molar-refractivity contribution in [3.8, 4) is 0 Å². The Hall–Kier alpha value is -1.50. The van der Waals surface area contributed by atoms with Gasteiger partial charge in [0, 0.05) is 12.6 Å². The number of nitrogens with zero attached hydrogens (tertiary/aromatic N) is 5. The van der Waals surface area contributed by atoms with Crippen LogP contribution in [0, 0.1) is 4.91 Å². The SMILES string of the molecule is CCN(N=O)c1nc(Cl)nc(NC(C)C)n1. The highest BCUT2D eigenvalue weighted by molar-refractivity contribution is 6.28. The topological polar surface area (TPSA) is 83.4 Å². The van der Waals surface area contributed by atoms with Gasteiger partial charge in [-0.3, -0.25) is 0 Å². The molecule has 0 aromatic carbocycles. The third-order valence-corrected chi connectivity index (χ3v) is 1.81. The van der Waals surface area contributed by atoms with Crippen LogP contribution in [-0.2, 0) is 0 Å². The first-order chi connectivity index (χ1) is 7.56. The molecule has 0 aliphatic rings. The molecule has 1 heterocycles. The molecular weight excluding hydrogens is 232 g/mol. The van der Waals surface area contributed by atoms with Crippen LogP contribution in [0.5, 0.6) is 0 Å². The summed E-state index contributed by atoms with van der Waals surface area (Å²) in [5, 5.41) is 6.87. The number of halogens is 1. The normalized spacial score (nSPS) is 10.3. The molecule has 0 saturated carbocycles. The summed E-state index contributed by atoms with van der Waals surface area (Å²) in [6.07, 6.45) is 0. The van der Waals surface area contributed by atoms with Gasteiger partial charge in [-0.2, -0.15) is 20.0 Å². The summed E-state index contributed by atoms with van der Waals surface area (Å²) in [5.41, 5.74) is 0. The van der Waals surface area contributed by atoms with Gasteiger partial charge < -0.3 is 5.32 Å². The fourth-order valence-corrected chi connectivity index (χ4v) is 1.17. The van der Waals surface area contributed by atoms with Crippen molar-refractivity contribution in [1.29, 1.82) is 0 Å². The summed E-state index contributed by atoms with van der Waals surface area (Å²) in [4.78, 5) is 22.2. The molecule has 0 bridgehead atoms. The standard InChI is InChI=1S/C8H13ClN6O/c1-4-15(14-16)8-12-6(9)11-7(13-8)10-5(2)3/h5H,4H2,1-3H3,(H,10,11,12,13). The van der Waals surface area contributed by atoms with Crippen LogP contribution in [0.1, 0.15) is 20.8 Å². The van der Waals surface area contributed by atoms with Gasteiger partial charge in [0.2, 0.25) is 11.2 Å². The molecule has 16 heavy (non-hydrogen) atoms. The lowest BCUT2D eigenvalue weighted by atomic mass is 10.4. The Kier molecular flexibility index (Phi) is 4.36. The monoisotopic (exact) mass is 244 g/mol. The molecule has 0 atom stereocenters. The fraction of sp³-hybridized carbons (Fsp3) is 0.625. The third-order valence-electron chi connectivity index (χ3n) is 1.64. The Bertz CT molecular complexity index is 372. The Morgan fingerprint density at radius 2 is 2.12 bits per heavy atom. The molecule has 0 radical (unpaired) electrons. The molecule has 1 rings (SSSR count). The summed E-state index contributed by atoms with van der Waals surface area (Å²) < 4.78 is 0. The van der Waals surface area contributed by atoms with E-state index in [1.165, 1.54) is 0 Å². The van der Waals surface area contributed by atoms with Gasteiger partial charge in [-0.15, -0.1) is 4.91 Å². The Morgan fingerprint density at radius 1 is 1.44 bits per heavy atom. The number of rotatable bonds is 5. The van der Waals surface area contributed by atoms with Crippen molar-refractivity contribution in [2.75, 3.05) is 16.9 Å². The maximum atomic E-state index is 10.5. The molecule has 7 nitrogen and oxygen atoms in total. The van der Waals surface area contributed by atoms with Gasteiger partial charge >= 0.3 is 0 Å². The van der Waals surface area contributed by atoms with Crippen molar-refractivity contribution in [3.63, 3.8) is 0 Å². The molecule has 0 saturated heterocycles. The number of aromatic nitrogens is 3. The molecule has 88 valence electrons. The van der Waals surface area contributed by atoms with E-state index in [1.54, 1.807) is 6.92 Å². The van der Waals surface area contributed by atoms with Crippen LogP contribution in [0.4, 0.5) is 11.9 Å². The van der Waals surface area contributed by atoms with Crippen LogP contribution < -0.4 is 10.3 Å². The van der Waals surface area contributed by atoms with Gasteiger partial charge in [0.1, 0.15) is 0 Å². The molecule has 0 spiro atoms. The minimum atomic E-state index is 0.0234. The maximum Gasteiger partial charge on any atom is 0.254 e. The van der Waals surface area contributed by atoms with Crippen molar-refractivity contribution < 1.29 is 0 Å². The number of hydrogen-bond acceptors (Lipinski definition) is 6. The van der Waals surface area contributed by atoms with Gasteiger partial charge in [0.05, 0.1) is 5.29 Å². The van der Waals surface area contributed by atoms with Crippen molar-refractivity contribution in [2.24, 2.45) is 5.29 Å². The second-order valence-electron chi connectivity index (χ2n) is 3.32. The third kappa shape index (κ3) is 3.27. The highest BCUT2D eigenvalue weighted by atomic mass is 35.5. The molecule has 0 aliphatic carbocycles. The Morgan fingerprint density at radius 3 is 2.62 bits per heavy atom. The number of hydrogen-bond donors (Lipinski definition) is 1. The van der Waals surface area contributed by atoms with E-state index in [0.717, 1.165) is 5.01 Å². The Balaban J connectivity index is 3.01. The lowest BCUT2D eigenvalue weighted by molar-refractivity contribution is 0.810. The van der Waals surface area contributed by atoms with Crippen molar-refractivity contribution in [2.45, 2.75) is 26.8 Å². The smallest absolute Gasteiger partial charge is 0.254 e. The lowest BCUT2D eigenvalue weighted by Crippen LogP contribution is -2.20. The minimum Gasteiger partial charge on any atom is -0.352 e. The highest BCUT2D eigenvalue weighted by Crippen LogP contribution is 2.14. The largest absolute Gasteiger partial charge is 0.352 e. The van der Waals surface area contributed by atoms with E-state index in [-0.39, 0.29) is 17.3 Å². The molecule has 1 aromatic heterocycles. The zero-order chi connectivity index (χ0) is 12.1. The van der Waals surface area contributed by atoms with E-state index < -0.39 is 0 Å². The quantitative estimate of drug-likeness (QED) is 0.629. The molecule has 1 N–H and O–H groups in total. The van der Waals surface area contributed by atoms with E-state index >= 15 is 0 Å². The molecule has 0 aliphatic heterocycles. The summed E-state index contributed by atoms with van der Waals surface area (Å²) in [7, 11) is 0. The number of nitroso groups, excluding NO2 is 1. The average Bonchev–Trinajstić information content (AvgIpc) is 2.17. The highest BCUT2D eigenvalue weighted by Gasteiger charge is 2.12. The van der Waals surface area contributed by atoms with E-state index in [2.05, 4.69) is 25.6 Å². The molecular formula is C8H13ClN6O. The first kappa shape index (κ1) is 12.6. The minimum absolute atomic E-state index is 0.0234. The number of nitrogens with one attached hydrogen (secondary N) is 1. The summed E-state index contributed by atoms with van der Waals surface area (Å²) >= 11 is 5.72. The fourth-order valence-electron chi connectivity index (χ4n) is 1.01. The van der Waals surface area contributed by atoms with Crippen molar-refractivity contribution >= 4 is 23.5 Å². The first-order valence-electron chi connectivity index (χ1n) is 4.85. The molecule has 0 unspecified atom stereocenters. The zero-order valence-electron chi connectivity index (χ0n) is 9.31. The van der Waals surface area contributed by atoms with Crippen LogP contribution >= 0.6 is 11.6 Å². The second kappa shape index (κ2) is 5.55. The summed E-state index contributed by atoms with van der Waals surface area (Å²) in [5.74, 6) is 0.466. The maximum absolute atomic E-state index is 10.5. The predicted octanol–water partition coefficient (Wildman–Crippen LogP) is 1.85. The predicted molar refractivity (Wildman–Crippen MR) is 62.4 cm³/mol. The van der Waals surface area contributed by atoms with Gasteiger partial charge in [-0.25, -0.2) is 0 Å². The van der Waals surface area contributed by atoms with E-state index in [9.17, 15) is 4.91 Å². The molecule has 0 amide bonds. The van der Waals surface area contributed by atoms with E-state index in [1.807, 2.05) is 13.8 Å². The van der Waals surface area contributed by atoms with Crippen LogP contribution in [0.25, 0.3) is 0 Å². The first-order valence-corrected chi connectivity index (χ1v) is 5.23.